The van der Waals surface area contributed by atoms with Gasteiger partial charge >= 0.3 is 5.97 Å². The van der Waals surface area contributed by atoms with E-state index in [1.807, 2.05) is 0 Å². The lowest BCUT2D eigenvalue weighted by atomic mass is 9.82. The zero-order valence-electron chi connectivity index (χ0n) is 8.60. The number of nitrogens with two attached hydrogens (primary N) is 1. The van der Waals surface area contributed by atoms with Crippen molar-refractivity contribution in [3.8, 4) is 0 Å². The lowest BCUT2D eigenvalue weighted by molar-refractivity contribution is -0.173. The number of ether oxygens (including phenoxy) is 1. The molecule has 0 aromatic carbocycles. The number of hydrogen-bond donors (Lipinski definition) is 2. The standard InChI is InChI=1S/C9H17FN2O2/c1-8(2,3-10)14-7(13)9(4-11)5-12-6-9/h12H,3-6,11H2,1-2H3. The van der Waals surface area contributed by atoms with Gasteiger partial charge in [0.2, 0.25) is 0 Å². The molecule has 0 saturated carbocycles. The molecule has 5 heteroatoms. The average Bonchev–Trinajstić information content (AvgIpc) is 2.02. The molecule has 1 aliphatic rings. The maximum absolute atomic E-state index is 12.4. The Morgan fingerprint density at radius 3 is 2.50 bits per heavy atom. The van der Waals surface area contributed by atoms with Crippen molar-refractivity contribution in [1.29, 1.82) is 0 Å². The second-order valence-electron chi connectivity index (χ2n) is 4.37. The van der Waals surface area contributed by atoms with Gasteiger partial charge in [-0.1, -0.05) is 0 Å². The summed E-state index contributed by atoms with van der Waals surface area (Å²) < 4.78 is 17.5. The minimum Gasteiger partial charge on any atom is -0.456 e. The van der Waals surface area contributed by atoms with Crippen LogP contribution in [0.1, 0.15) is 13.8 Å². The van der Waals surface area contributed by atoms with Crippen LogP contribution in [-0.4, -0.2) is 37.9 Å². The Hall–Kier alpha value is -0.680. The summed E-state index contributed by atoms with van der Waals surface area (Å²) in [5.74, 6) is -0.401. The van der Waals surface area contributed by atoms with Crippen LogP contribution < -0.4 is 11.1 Å². The van der Waals surface area contributed by atoms with Gasteiger partial charge in [-0.2, -0.15) is 0 Å². The molecule has 1 aliphatic heterocycles. The van der Waals surface area contributed by atoms with Crippen molar-refractivity contribution in [3.63, 3.8) is 0 Å². The van der Waals surface area contributed by atoms with Crippen LogP contribution in [-0.2, 0) is 9.53 Å². The van der Waals surface area contributed by atoms with Crippen LogP contribution in [0.2, 0.25) is 0 Å². The van der Waals surface area contributed by atoms with Crippen molar-refractivity contribution in [1.82, 2.24) is 5.32 Å². The quantitative estimate of drug-likeness (QED) is 0.624. The molecule has 4 nitrogen and oxygen atoms in total. The largest absolute Gasteiger partial charge is 0.456 e. The van der Waals surface area contributed by atoms with Crippen molar-refractivity contribution in [3.05, 3.63) is 0 Å². The van der Waals surface area contributed by atoms with Gasteiger partial charge in [-0.15, -0.1) is 0 Å². The van der Waals surface area contributed by atoms with E-state index in [-0.39, 0.29) is 6.54 Å². The molecule has 14 heavy (non-hydrogen) atoms. The summed E-state index contributed by atoms with van der Waals surface area (Å²) in [4.78, 5) is 11.6. The maximum Gasteiger partial charge on any atom is 0.316 e. The normalized spacial score (nSPS) is 20.0. The smallest absolute Gasteiger partial charge is 0.316 e. The molecule has 1 fully saturated rings. The molecule has 1 rings (SSSR count). The van der Waals surface area contributed by atoms with Crippen LogP contribution in [0.3, 0.4) is 0 Å². The van der Waals surface area contributed by atoms with E-state index in [1.165, 1.54) is 0 Å². The second-order valence-corrected chi connectivity index (χ2v) is 4.37. The van der Waals surface area contributed by atoms with Gasteiger partial charge in [0.05, 0.1) is 0 Å². The third-order valence-electron chi connectivity index (χ3n) is 2.44. The third-order valence-corrected chi connectivity index (χ3v) is 2.44. The minimum atomic E-state index is -1.05. The molecule has 3 N–H and O–H groups in total. The minimum absolute atomic E-state index is 0.237. The summed E-state index contributed by atoms with van der Waals surface area (Å²) in [6.45, 7) is 3.67. The Bertz CT molecular complexity index is 221. The van der Waals surface area contributed by atoms with E-state index >= 15 is 0 Å². The van der Waals surface area contributed by atoms with Crippen LogP contribution in [0, 0.1) is 5.41 Å². The fourth-order valence-electron chi connectivity index (χ4n) is 1.19. The molecule has 82 valence electrons. The third kappa shape index (κ3) is 2.04. The summed E-state index contributed by atoms with van der Waals surface area (Å²) in [6, 6.07) is 0. The number of nitrogens with one attached hydrogen (secondary N) is 1. The topological polar surface area (TPSA) is 64.3 Å². The fraction of sp³-hybridized carbons (Fsp3) is 0.889. The van der Waals surface area contributed by atoms with Gasteiger partial charge in [-0.05, 0) is 13.8 Å². The molecule has 0 aliphatic carbocycles. The highest BCUT2D eigenvalue weighted by atomic mass is 19.1. The van der Waals surface area contributed by atoms with E-state index in [0.717, 1.165) is 0 Å². The summed E-state index contributed by atoms with van der Waals surface area (Å²) >= 11 is 0. The van der Waals surface area contributed by atoms with Crippen molar-refractivity contribution < 1.29 is 13.9 Å². The zero-order valence-corrected chi connectivity index (χ0v) is 8.60. The van der Waals surface area contributed by atoms with Crippen LogP contribution in [0.25, 0.3) is 0 Å². The Kier molecular flexibility index (Phi) is 3.11. The number of alkyl halides is 1. The molecule has 0 aromatic rings. The Balaban J connectivity index is 2.57. The maximum atomic E-state index is 12.4. The Labute approximate surface area is 83.0 Å². The van der Waals surface area contributed by atoms with Gasteiger partial charge in [0.15, 0.2) is 0 Å². The fourth-order valence-corrected chi connectivity index (χ4v) is 1.19. The van der Waals surface area contributed by atoms with Crippen molar-refractivity contribution >= 4 is 5.97 Å². The molecule has 1 heterocycles. The predicted octanol–water partition coefficient (Wildman–Crippen LogP) is -0.174. The number of rotatable bonds is 4. The van der Waals surface area contributed by atoms with Gasteiger partial charge in [-0.25, -0.2) is 4.39 Å². The molecule has 0 radical (unpaired) electrons. The molecule has 0 atom stereocenters. The summed E-state index contributed by atoms with van der Waals surface area (Å²) in [6.07, 6.45) is 0. The van der Waals surface area contributed by atoms with Crippen molar-refractivity contribution in [2.45, 2.75) is 19.4 Å². The van der Waals surface area contributed by atoms with Crippen LogP contribution in [0.4, 0.5) is 4.39 Å². The Morgan fingerprint density at radius 1 is 1.64 bits per heavy atom. The molecule has 1 saturated heterocycles. The first-order chi connectivity index (χ1) is 6.46. The number of carbonyl (C=O) groups is 1. The van der Waals surface area contributed by atoms with Crippen LogP contribution in [0.15, 0.2) is 0 Å². The van der Waals surface area contributed by atoms with E-state index in [1.54, 1.807) is 13.8 Å². The van der Waals surface area contributed by atoms with E-state index < -0.39 is 23.7 Å². The van der Waals surface area contributed by atoms with Crippen molar-refractivity contribution in [2.24, 2.45) is 11.1 Å². The van der Waals surface area contributed by atoms with Gasteiger partial charge in [0.25, 0.3) is 0 Å². The van der Waals surface area contributed by atoms with E-state index in [4.69, 9.17) is 10.5 Å². The van der Waals surface area contributed by atoms with Crippen LogP contribution in [0.5, 0.6) is 0 Å². The predicted molar refractivity (Wildman–Crippen MR) is 50.5 cm³/mol. The number of esters is 1. The highest BCUT2D eigenvalue weighted by Crippen LogP contribution is 2.25. The average molecular weight is 204 g/mol. The Morgan fingerprint density at radius 2 is 2.21 bits per heavy atom. The first kappa shape index (κ1) is 11.4. The SMILES string of the molecule is CC(C)(CF)OC(=O)C1(CN)CNC1. The second kappa shape index (κ2) is 3.82. The highest BCUT2D eigenvalue weighted by Gasteiger charge is 2.46. The molecule has 0 amide bonds. The lowest BCUT2D eigenvalue weighted by Gasteiger charge is -2.40. The number of hydrogen-bond acceptors (Lipinski definition) is 4. The summed E-state index contributed by atoms with van der Waals surface area (Å²) in [7, 11) is 0. The van der Waals surface area contributed by atoms with Gasteiger partial charge < -0.3 is 15.8 Å². The molecule has 0 spiro atoms. The van der Waals surface area contributed by atoms with E-state index in [2.05, 4.69) is 5.32 Å². The molecular formula is C9H17FN2O2. The molecule has 0 aromatic heterocycles. The van der Waals surface area contributed by atoms with Gasteiger partial charge in [0, 0.05) is 19.6 Å². The van der Waals surface area contributed by atoms with Crippen molar-refractivity contribution in [2.75, 3.05) is 26.3 Å². The first-order valence-corrected chi connectivity index (χ1v) is 4.66. The molecule has 0 bridgehead atoms. The van der Waals surface area contributed by atoms with Gasteiger partial charge in [-0.3, -0.25) is 4.79 Å². The number of halogens is 1. The van der Waals surface area contributed by atoms with E-state index in [0.29, 0.717) is 13.1 Å². The highest BCUT2D eigenvalue weighted by molar-refractivity contribution is 5.79. The number of carbonyl (C=O) groups excluding carboxylic acids is 1. The summed E-state index contributed by atoms with van der Waals surface area (Å²) in [5.41, 5.74) is 3.82. The lowest BCUT2D eigenvalue weighted by Crippen LogP contribution is -2.63. The van der Waals surface area contributed by atoms with Gasteiger partial charge in [0.1, 0.15) is 17.7 Å². The summed E-state index contributed by atoms with van der Waals surface area (Å²) in [5, 5.41) is 2.96. The molecular weight excluding hydrogens is 187 g/mol. The zero-order chi connectivity index (χ0) is 10.8. The molecule has 0 unspecified atom stereocenters. The van der Waals surface area contributed by atoms with E-state index in [9.17, 15) is 9.18 Å². The first-order valence-electron chi connectivity index (χ1n) is 4.66. The van der Waals surface area contributed by atoms with Crippen LogP contribution >= 0.6 is 0 Å². The monoisotopic (exact) mass is 204 g/mol.